The first-order chi connectivity index (χ1) is 20.5. The Morgan fingerprint density at radius 1 is 0.476 bits per heavy atom. The standard InChI is InChI=1S/C38H64O3S/c1-3-5-7-9-11-13-15-17-19-21-23-25-28-34-32-33-37-36(30-27-31-38(37)42(39,40)41)35(34)29-26-24-22-20-18-16-14-12-10-8-6-4-2/h27,30-33H,3-26,28-29H2,1-2H3,(H,39,40,41). The second-order valence-electron chi connectivity index (χ2n) is 12.8. The van der Waals surface area contributed by atoms with Crippen LogP contribution in [0.15, 0.2) is 35.2 Å². The maximum atomic E-state index is 12.1. The van der Waals surface area contributed by atoms with E-state index in [2.05, 4.69) is 19.9 Å². The van der Waals surface area contributed by atoms with Crippen molar-refractivity contribution in [2.75, 3.05) is 0 Å². The van der Waals surface area contributed by atoms with E-state index in [0.29, 0.717) is 5.39 Å². The Labute approximate surface area is 260 Å². The van der Waals surface area contributed by atoms with Gasteiger partial charge in [-0.1, -0.05) is 179 Å². The Morgan fingerprint density at radius 2 is 0.881 bits per heavy atom. The van der Waals surface area contributed by atoms with E-state index in [1.54, 1.807) is 6.07 Å². The van der Waals surface area contributed by atoms with Crippen molar-refractivity contribution in [1.82, 2.24) is 0 Å². The third-order valence-electron chi connectivity index (χ3n) is 9.09. The monoisotopic (exact) mass is 600 g/mol. The Bertz CT molecular complexity index is 1060. The molecule has 0 saturated heterocycles. The molecule has 0 saturated carbocycles. The van der Waals surface area contributed by atoms with Crippen molar-refractivity contribution < 1.29 is 13.0 Å². The van der Waals surface area contributed by atoms with E-state index >= 15 is 0 Å². The molecule has 0 radical (unpaired) electrons. The number of hydrogen-bond donors (Lipinski definition) is 1. The Hall–Kier alpha value is -1.39. The number of unbranched alkanes of at least 4 members (excludes halogenated alkanes) is 22. The van der Waals surface area contributed by atoms with Crippen LogP contribution in [0.25, 0.3) is 10.8 Å². The molecule has 0 aromatic heterocycles. The van der Waals surface area contributed by atoms with Gasteiger partial charge in [-0.3, -0.25) is 4.55 Å². The summed E-state index contributed by atoms with van der Waals surface area (Å²) in [5.74, 6) is 0. The van der Waals surface area contributed by atoms with Gasteiger partial charge in [0.1, 0.15) is 4.90 Å². The summed E-state index contributed by atoms with van der Waals surface area (Å²) in [4.78, 5) is 0.0351. The van der Waals surface area contributed by atoms with Crippen LogP contribution in [0.4, 0.5) is 0 Å². The third-order valence-corrected chi connectivity index (χ3v) is 10.00. The summed E-state index contributed by atoms with van der Waals surface area (Å²) in [5, 5.41) is 1.66. The largest absolute Gasteiger partial charge is 0.295 e. The summed E-state index contributed by atoms with van der Waals surface area (Å²) in [5.41, 5.74) is 2.67. The van der Waals surface area contributed by atoms with E-state index < -0.39 is 10.1 Å². The predicted octanol–water partition coefficient (Wildman–Crippen LogP) is 12.6. The van der Waals surface area contributed by atoms with Gasteiger partial charge in [-0.15, -0.1) is 0 Å². The second-order valence-corrected chi connectivity index (χ2v) is 14.2. The minimum Gasteiger partial charge on any atom is -0.282 e. The van der Waals surface area contributed by atoms with Crippen molar-refractivity contribution in [1.29, 1.82) is 0 Å². The Morgan fingerprint density at radius 3 is 1.31 bits per heavy atom. The highest BCUT2D eigenvalue weighted by molar-refractivity contribution is 7.86. The highest BCUT2D eigenvalue weighted by atomic mass is 32.2. The molecule has 0 aliphatic carbocycles. The van der Waals surface area contributed by atoms with Crippen molar-refractivity contribution in [2.24, 2.45) is 0 Å². The highest BCUT2D eigenvalue weighted by Crippen LogP contribution is 2.30. The number of fused-ring (bicyclic) bond motifs is 1. The van der Waals surface area contributed by atoms with Crippen LogP contribution in [-0.2, 0) is 23.0 Å². The first kappa shape index (κ1) is 36.8. The fraction of sp³-hybridized carbons (Fsp3) is 0.737. The van der Waals surface area contributed by atoms with Gasteiger partial charge in [-0.05, 0) is 48.3 Å². The summed E-state index contributed by atoms with van der Waals surface area (Å²) < 4.78 is 34.0. The summed E-state index contributed by atoms with van der Waals surface area (Å²) in [6.07, 6.45) is 34.2. The molecule has 240 valence electrons. The van der Waals surface area contributed by atoms with Crippen molar-refractivity contribution in [3.05, 3.63) is 41.5 Å². The van der Waals surface area contributed by atoms with Crippen molar-refractivity contribution >= 4 is 20.9 Å². The quantitative estimate of drug-likeness (QED) is 0.0819. The summed E-state index contributed by atoms with van der Waals surface area (Å²) >= 11 is 0. The molecule has 0 fully saturated rings. The van der Waals surface area contributed by atoms with Gasteiger partial charge in [0.15, 0.2) is 0 Å². The molecule has 0 spiro atoms. The smallest absolute Gasteiger partial charge is 0.282 e. The maximum Gasteiger partial charge on any atom is 0.295 e. The minimum absolute atomic E-state index is 0.0351. The molecule has 4 heteroatoms. The molecule has 0 amide bonds. The zero-order valence-electron chi connectivity index (χ0n) is 27.4. The second kappa shape index (κ2) is 23.1. The zero-order chi connectivity index (χ0) is 30.3. The van der Waals surface area contributed by atoms with Gasteiger partial charge in [0, 0.05) is 5.39 Å². The van der Waals surface area contributed by atoms with Crippen molar-refractivity contribution in [3.63, 3.8) is 0 Å². The molecule has 3 nitrogen and oxygen atoms in total. The van der Waals surface area contributed by atoms with Gasteiger partial charge in [-0.25, -0.2) is 0 Å². The van der Waals surface area contributed by atoms with Crippen LogP contribution in [0.5, 0.6) is 0 Å². The van der Waals surface area contributed by atoms with Crippen LogP contribution in [0.2, 0.25) is 0 Å². The molecule has 42 heavy (non-hydrogen) atoms. The SMILES string of the molecule is CCCCCCCCCCCCCCc1ccc2c(S(=O)(=O)O)cccc2c1CCCCCCCCCCCCCC. The Balaban J connectivity index is 1.80. The van der Waals surface area contributed by atoms with E-state index in [-0.39, 0.29) is 4.90 Å². The summed E-state index contributed by atoms with van der Waals surface area (Å²) in [7, 11) is -4.25. The van der Waals surface area contributed by atoms with Crippen LogP contribution in [0, 0.1) is 0 Å². The first-order valence-electron chi connectivity index (χ1n) is 18.0. The number of benzene rings is 2. The fourth-order valence-electron chi connectivity index (χ4n) is 6.49. The van der Waals surface area contributed by atoms with E-state index in [9.17, 15) is 13.0 Å². The predicted molar refractivity (Wildman–Crippen MR) is 183 cm³/mol. The fourth-order valence-corrected chi connectivity index (χ4v) is 7.20. The van der Waals surface area contributed by atoms with Crippen LogP contribution >= 0.6 is 0 Å². The topological polar surface area (TPSA) is 54.4 Å². The Kier molecular flexibility index (Phi) is 20.2. The molecule has 0 heterocycles. The first-order valence-corrected chi connectivity index (χ1v) is 19.4. The lowest BCUT2D eigenvalue weighted by Crippen LogP contribution is -2.02. The van der Waals surface area contributed by atoms with Gasteiger partial charge >= 0.3 is 0 Å². The molecule has 1 N–H and O–H groups in total. The van der Waals surface area contributed by atoms with Crippen LogP contribution in [-0.4, -0.2) is 13.0 Å². The summed E-state index contributed by atoms with van der Waals surface area (Å²) in [6, 6.07) is 9.40. The van der Waals surface area contributed by atoms with Gasteiger partial charge in [0.2, 0.25) is 0 Å². The van der Waals surface area contributed by atoms with E-state index in [4.69, 9.17) is 0 Å². The average Bonchev–Trinajstić information content (AvgIpc) is 2.98. The average molecular weight is 601 g/mol. The van der Waals surface area contributed by atoms with Gasteiger partial charge in [0.05, 0.1) is 0 Å². The highest BCUT2D eigenvalue weighted by Gasteiger charge is 2.17. The molecule has 0 unspecified atom stereocenters. The lowest BCUT2D eigenvalue weighted by molar-refractivity contribution is 0.484. The molecule has 0 aliphatic heterocycles. The molecule has 2 rings (SSSR count). The van der Waals surface area contributed by atoms with Crippen LogP contribution in [0.3, 0.4) is 0 Å². The lowest BCUT2D eigenvalue weighted by atomic mass is 9.91. The van der Waals surface area contributed by atoms with Gasteiger partial charge in [-0.2, -0.15) is 8.42 Å². The van der Waals surface area contributed by atoms with Crippen molar-refractivity contribution in [2.45, 2.75) is 186 Å². The number of rotatable bonds is 27. The third kappa shape index (κ3) is 15.4. The van der Waals surface area contributed by atoms with E-state index in [1.807, 2.05) is 12.1 Å². The van der Waals surface area contributed by atoms with Crippen LogP contribution < -0.4 is 0 Å². The molecule has 0 aliphatic rings. The van der Waals surface area contributed by atoms with Gasteiger partial charge < -0.3 is 0 Å². The lowest BCUT2D eigenvalue weighted by Gasteiger charge is -2.15. The molecule has 0 bridgehead atoms. The molecular weight excluding hydrogens is 536 g/mol. The molecule has 2 aromatic rings. The molecule has 2 aromatic carbocycles. The molecular formula is C38H64O3S. The number of aryl methyl sites for hydroxylation is 2. The minimum atomic E-state index is -4.25. The van der Waals surface area contributed by atoms with E-state index in [0.717, 1.165) is 24.6 Å². The van der Waals surface area contributed by atoms with Crippen LogP contribution in [0.1, 0.15) is 179 Å². The maximum absolute atomic E-state index is 12.1. The van der Waals surface area contributed by atoms with Crippen molar-refractivity contribution in [3.8, 4) is 0 Å². The van der Waals surface area contributed by atoms with Gasteiger partial charge in [0.25, 0.3) is 10.1 Å². The van der Waals surface area contributed by atoms with E-state index in [1.165, 1.54) is 165 Å². The summed E-state index contributed by atoms with van der Waals surface area (Å²) in [6.45, 7) is 4.55. The normalized spacial score (nSPS) is 12.0. The molecule has 0 atom stereocenters. The zero-order valence-corrected chi connectivity index (χ0v) is 28.3. The number of hydrogen-bond acceptors (Lipinski definition) is 2.